The molecule has 1 fully saturated rings. The Balaban J connectivity index is 2.14. The molecular formula is C13H12BrClF3NO2. The van der Waals surface area contributed by atoms with Gasteiger partial charge in [0.05, 0.1) is 5.02 Å². The number of halogens is 5. The van der Waals surface area contributed by atoms with Crippen LogP contribution in [0.2, 0.25) is 5.02 Å². The van der Waals surface area contributed by atoms with Gasteiger partial charge in [0.25, 0.3) is 0 Å². The fourth-order valence-electron chi connectivity index (χ4n) is 2.45. The van der Waals surface area contributed by atoms with Gasteiger partial charge in [-0.25, -0.2) is 0 Å². The lowest BCUT2D eigenvalue weighted by atomic mass is 9.86. The SMILES string of the molecule is O=C(O)C1(C(F)(F)F)CCN(Cc2ccc(Cl)c(Br)c2)C1. The Labute approximate surface area is 132 Å². The molecule has 0 radical (unpaired) electrons. The second-order valence-electron chi connectivity index (χ2n) is 5.09. The second kappa shape index (κ2) is 5.78. The van der Waals surface area contributed by atoms with Crippen molar-refractivity contribution in [3.05, 3.63) is 33.3 Å². The quantitative estimate of drug-likeness (QED) is 0.855. The summed E-state index contributed by atoms with van der Waals surface area (Å²) >= 11 is 9.11. The van der Waals surface area contributed by atoms with Gasteiger partial charge in [-0.05, 0) is 40.0 Å². The molecule has 1 atom stereocenters. The van der Waals surface area contributed by atoms with Gasteiger partial charge in [-0.15, -0.1) is 0 Å². The van der Waals surface area contributed by atoms with Crippen LogP contribution in [0.5, 0.6) is 0 Å². The van der Waals surface area contributed by atoms with Gasteiger partial charge in [-0.1, -0.05) is 17.7 Å². The molecule has 0 aliphatic carbocycles. The number of benzene rings is 1. The summed E-state index contributed by atoms with van der Waals surface area (Å²) in [6, 6.07) is 5.07. The van der Waals surface area contributed by atoms with Crippen LogP contribution in [0.1, 0.15) is 12.0 Å². The molecule has 1 N–H and O–H groups in total. The van der Waals surface area contributed by atoms with Gasteiger partial charge in [-0.3, -0.25) is 9.69 Å². The average molecular weight is 387 g/mol. The van der Waals surface area contributed by atoms with E-state index in [1.165, 1.54) is 4.90 Å². The summed E-state index contributed by atoms with van der Waals surface area (Å²) < 4.78 is 39.8. The molecule has 0 spiro atoms. The number of nitrogens with zero attached hydrogens (tertiary/aromatic N) is 1. The minimum absolute atomic E-state index is 0.0893. The Bertz CT molecular complexity index is 567. The van der Waals surface area contributed by atoms with Crippen LogP contribution in [-0.2, 0) is 11.3 Å². The first-order valence-electron chi connectivity index (χ1n) is 6.12. The zero-order chi connectivity index (χ0) is 15.8. The van der Waals surface area contributed by atoms with Crippen molar-refractivity contribution in [2.75, 3.05) is 13.1 Å². The lowest BCUT2D eigenvalue weighted by Gasteiger charge is -2.27. The Kier molecular flexibility index (Phi) is 4.56. The molecule has 1 aliphatic rings. The van der Waals surface area contributed by atoms with E-state index in [0.717, 1.165) is 5.56 Å². The first kappa shape index (κ1) is 16.6. The topological polar surface area (TPSA) is 40.5 Å². The predicted molar refractivity (Wildman–Crippen MR) is 75.2 cm³/mol. The molecule has 0 saturated carbocycles. The third kappa shape index (κ3) is 3.19. The Morgan fingerprint density at radius 1 is 1.48 bits per heavy atom. The molecule has 21 heavy (non-hydrogen) atoms. The number of alkyl halides is 3. The normalized spacial score (nSPS) is 23.5. The molecule has 1 aromatic carbocycles. The van der Waals surface area contributed by atoms with Crippen molar-refractivity contribution in [3.63, 3.8) is 0 Å². The third-order valence-corrected chi connectivity index (χ3v) is 4.90. The number of rotatable bonds is 3. The summed E-state index contributed by atoms with van der Waals surface area (Å²) in [5, 5.41) is 9.50. The van der Waals surface area contributed by atoms with Crippen molar-refractivity contribution >= 4 is 33.5 Å². The Hall–Kier alpha value is -0.790. The highest BCUT2D eigenvalue weighted by Gasteiger charge is 2.63. The predicted octanol–water partition coefficient (Wildman–Crippen LogP) is 3.94. The fraction of sp³-hybridized carbons (Fsp3) is 0.462. The van der Waals surface area contributed by atoms with Gasteiger partial charge in [-0.2, -0.15) is 13.2 Å². The average Bonchev–Trinajstić information content (AvgIpc) is 2.79. The molecule has 1 heterocycles. The second-order valence-corrected chi connectivity index (χ2v) is 6.36. The molecule has 0 aromatic heterocycles. The maximum absolute atomic E-state index is 13.1. The highest BCUT2D eigenvalue weighted by atomic mass is 79.9. The van der Waals surface area contributed by atoms with Crippen LogP contribution >= 0.6 is 27.5 Å². The number of likely N-dealkylation sites (tertiary alicyclic amines) is 1. The summed E-state index contributed by atoms with van der Waals surface area (Å²) in [7, 11) is 0. The minimum atomic E-state index is -4.76. The number of hydrogen-bond acceptors (Lipinski definition) is 2. The van der Waals surface area contributed by atoms with Crippen molar-refractivity contribution in [1.29, 1.82) is 0 Å². The molecule has 116 valence electrons. The van der Waals surface area contributed by atoms with Gasteiger partial charge in [0, 0.05) is 24.1 Å². The van der Waals surface area contributed by atoms with E-state index in [0.29, 0.717) is 9.50 Å². The van der Waals surface area contributed by atoms with Crippen LogP contribution in [0.15, 0.2) is 22.7 Å². The van der Waals surface area contributed by atoms with Crippen molar-refractivity contribution in [1.82, 2.24) is 4.90 Å². The molecule has 1 unspecified atom stereocenters. The highest BCUT2D eigenvalue weighted by molar-refractivity contribution is 9.10. The molecule has 1 aliphatic heterocycles. The lowest BCUT2D eigenvalue weighted by Crippen LogP contribution is -2.47. The largest absolute Gasteiger partial charge is 0.481 e. The molecular weight excluding hydrogens is 374 g/mol. The summed E-state index contributed by atoms with van der Waals surface area (Å²) in [6.45, 7) is -0.195. The minimum Gasteiger partial charge on any atom is -0.481 e. The van der Waals surface area contributed by atoms with E-state index in [1.807, 2.05) is 0 Å². The van der Waals surface area contributed by atoms with Gasteiger partial charge in [0.2, 0.25) is 0 Å². The van der Waals surface area contributed by atoms with E-state index in [4.69, 9.17) is 16.7 Å². The maximum Gasteiger partial charge on any atom is 0.406 e. The van der Waals surface area contributed by atoms with Crippen molar-refractivity contribution in [2.45, 2.75) is 19.1 Å². The van der Waals surface area contributed by atoms with Crippen LogP contribution in [0, 0.1) is 5.41 Å². The van der Waals surface area contributed by atoms with E-state index in [9.17, 15) is 18.0 Å². The lowest BCUT2D eigenvalue weighted by molar-refractivity contribution is -0.227. The van der Waals surface area contributed by atoms with Crippen LogP contribution in [0.25, 0.3) is 0 Å². The van der Waals surface area contributed by atoms with Gasteiger partial charge < -0.3 is 5.11 Å². The van der Waals surface area contributed by atoms with Crippen LogP contribution in [0.3, 0.4) is 0 Å². The molecule has 1 aromatic rings. The number of hydrogen-bond donors (Lipinski definition) is 1. The summed E-state index contributed by atoms with van der Waals surface area (Å²) in [5.41, 5.74) is -1.90. The number of carboxylic acids is 1. The van der Waals surface area contributed by atoms with E-state index < -0.39 is 30.5 Å². The molecule has 2 rings (SSSR count). The van der Waals surface area contributed by atoms with E-state index in [2.05, 4.69) is 15.9 Å². The van der Waals surface area contributed by atoms with Crippen LogP contribution in [-0.4, -0.2) is 35.2 Å². The fourth-order valence-corrected chi connectivity index (χ4v) is 2.99. The first-order valence-corrected chi connectivity index (χ1v) is 7.29. The van der Waals surface area contributed by atoms with Crippen molar-refractivity contribution in [3.8, 4) is 0 Å². The number of carboxylic acid groups (broad SMARTS) is 1. The van der Waals surface area contributed by atoms with E-state index >= 15 is 0 Å². The van der Waals surface area contributed by atoms with Crippen molar-refractivity contribution in [2.24, 2.45) is 5.41 Å². The van der Waals surface area contributed by atoms with E-state index in [1.54, 1.807) is 18.2 Å². The van der Waals surface area contributed by atoms with Gasteiger partial charge >= 0.3 is 12.1 Å². The molecule has 0 amide bonds. The summed E-state index contributed by atoms with van der Waals surface area (Å²) in [5.74, 6) is -1.81. The first-order chi connectivity index (χ1) is 9.65. The van der Waals surface area contributed by atoms with Crippen LogP contribution in [0.4, 0.5) is 13.2 Å². The zero-order valence-electron chi connectivity index (χ0n) is 10.8. The van der Waals surface area contributed by atoms with Gasteiger partial charge in [0.1, 0.15) is 0 Å². The maximum atomic E-state index is 13.1. The number of aliphatic carboxylic acids is 1. The molecule has 1 saturated heterocycles. The third-order valence-electron chi connectivity index (χ3n) is 3.69. The standard InChI is InChI=1S/C13H12BrClF3NO2/c14-9-5-8(1-2-10(9)15)6-19-4-3-12(7-19,11(20)21)13(16,17)18/h1-2,5H,3-4,6-7H2,(H,20,21). The molecule has 8 heteroatoms. The zero-order valence-corrected chi connectivity index (χ0v) is 13.1. The van der Waals surface area contributed by atoms with Crippen molar-refractivity contribution < 1.29 is 23.1 Å². The smallest absolute Gasteiger partial charge is 0.406 e. The van der Waals surface area contributed by atoms with Crippen LogP contribution < -0.4 is 0 Å². The highest BCUT2D eigenvalue weighted by Crippen LogP contribution is 2.46. The Morgan fingerprint density at radius 2 is 2.14 bits per heavy atom. The molecule has 0 bridgehead atoms. The Morgan fingerprint density at radius 3 is 2.62 bits per heavy atom. The monoisotopic (exact) mass is 385 g/mol. The molecule has 3 nitrogen and oxygen atoms in total. The van der Waals surface area contributed by atoms with E-state index in [-0.39, 0.29) is 13.1 Å². The number of carbonyl (C=O) groups is 1. The summed E-state index contributed by atoms with van der Waals surface area (Å²) in [6.07, 6.45) is -5.19. The van der Waals surface area contributed by atoms with Gasteiger partial charge in [0.15, 0.2) is 5.41 Å². The summed E-state index contributed by atoms with van der Waals surface area (Å²) in [4.78, 5) is 12.6.